The number of rotatable bonds is 5. The molecule has 30 heavy (non-hydrogen) atoms. The van der Waals surface area contributed by atoms with Gasteiger partial charge in [0.1, 0.15) is 5.75 Å². The average molecular weight is 479 g/mol. The Kier molecular flexibility index (Phi) is 9.30. The topological polar surface area (TPSA) is 107 Å². The second-order valence-corrected chi connectivity index (χ2v) is 7.31. The van der Waals surface area contributed by atoms with Gasteiger partial charge < -0.3 is 19.8 Å². The fourth-order valence-corrected chi connectivity index (χ4v) is 3.19. The molecular weight excluding hydrogens is 456 g/mol. The van der Waals surface area contributed by atoms with Crippen LogP contribution in [0.15, 0.2) is 59.1 Å². The highest BCUT2D eigenvalue weighted by Crippen LogP contribution is 2.18. The first-order valence-electron chi connectivity index (χ1n) is 9.24. The molecule has 0 bridgehead atoms. The minimum atomic E-state index is -1.82. The number of nitrogens with zero attached hydrogens (tertiary/aromatic N) is 2. The van der Waals surface area contributed by atoms with Crippen molar-refractivity contribution in [2.75, 3.05) is 32.8 Å². The van der Waals surface area contributed by atoms with Gasteiger partial charge in [0.2, 0.25) is 0 Å². The lowest BCUT2D eigenvalue weighted by atomic mass is 10.2. The molecule has 2 aromatic rings. The van der Waals surface area contributed by atoms with E-state index in [1.54, 1.807) is 0 Å². The van der Waals surface area contributed by atoms with Gasteiger partial charge in [-0.05, 0) is 23.8 Å². The second-order valence-electron chi connectivity index (χ2n) is 6.46. The average Bonchev–Trinajstić information content (AvgIpc) is 2.75. The molecule has 0 spiro atoms. The van der Waals surface area contributed by atoms with Gasteiger partial charge in [0.15, 0.2) is 6.61 Å². The Morgan fingerprint density at radius 2 is 1.43 bits per heavy atom. The van der Waals surface area contributed by atoms with Crippen molar-refractivity contribution in [3.8, 4) is 5.75 Å². The van der Waals surface area contributed by atoms with Gasteiger partial charge in [-0.15, -0.1) is 0 Å². The van der Waals surface area contributed by atoms with Crippen LogP contribution in [0, 0.1) is 0 Å². The number of piperazine rings is 1. The van der Waals surface area contributed by atoms with Crippen LogP contribution in [-0.2, 0) is 20.9 Å². The summed E-state index contributed by atoms with van der Waals surface area (Å²) in [6, 6.07) is 17.7. The molecule has 0 aromatic heterocycles. The number of benzene rings is 2. The summed E-state index contributed by atoms with van der Waals surface area (Å²) in [6.45, 7) is 4.29. The molecule has 1 heterocycles. The van der Waals surface area contributed by atoms with Crippen LogP contribution in [0.3, 0.4) is 0 Å². The van der Waals surface area contributed by atoms with Crippen molar-refractivity contribution in [1.29, 1.82) is 0 Å². The zero-order valence-corrected chi connectivity index (χ0v) is 17.8. The van der Waals surface area contributed by atoms with Crippen molar-refractivity contribution in [3.05, 3.63) is 64.6 Å². The van der Waals surface area contributed by atoms with Crippen molar-refractivity contribution in [3.63, 3.8) is 0 Å². The smallest absolute Gasteiger partial charge is 0.414 e. The first-order valence-corrected chi connectivity index (χ1v) is 10.0. The molecule has 1 aliphatic heterocycles. The number of para-hydroxylation sites is 1. The molecule has 1 fully saturated rings. The largest absolute Gasteiger partial charge is 0.484 e. The molecule has 0 saturated carbocycles. The molecule has 3 rings (SSSR count). The van der Waals surface area contributed by atoms with Crippen molar-refractivity contribution in [1.82, 2.24) is 9.80 Å². The van der Waals surface area contributed by atoms with Crippen LogP contribution >= 0.6 is 15.9 Å². The summed E-state index contributed by atoms with van der Waals surface area (Å²) in [5.41, 5.74) is 1.28. The van der Waals surface area contributed by atoms with E-state index in [4.69, 9.17) is 24.5 Å². The number of carboxylic acid groups (broad SMARTS) is 2. The standard InChI is InChI=1S/C19H21BrN2O2.C2H2O4/c20-18-9-5-4-6-16(18)14-21-10-12-22(13-11-21)19(23)15-24-17-7-2-1-3-8-17;3-1(4)2(5)6/h1-9H,10-15H2;(H,3,4)(H,5,6). The van der Waals surface area contributed by atoms with E-state index >= 15 is 0 Å². The normalized spacial score (nSPS) is 13.7. The molecule has 2 aromatic carbocycles. The summed E-state index contributed by atoms with van der Waals surface area (Å²) >= 11 is 3.59. The fourth-order valence-electron chi connectivity index (χ4n) is 2.78. The van der Waals surface area contributed by atoms with Gasteiger partial charge in [0.25, 0.3) is 5.91 Å². The summed E-state index contributed by atoms with van der Waals surface area (Å²) in [5.74, 6) is -2.86. The monoisotopic (exact) mass is 478 g/mol. The molecule has 0 radical (unpaired) electrons. The Bertz CT molecular complexity index is 842. The molecule has 0 aliphatic carbocycles. The molecule has 0 atom stereocenters. The summed E-state index contributed by atoms with van der Waals surface area (Å²) in [7, 11) is 0. The third-order valence-electron chi connectivity index (χ3n) is 4.37. The Balaban J connectivity index is 0.000000469. The lowest BCUT2D eigenvalue weighted by Gasteiger charge is -2.34. The lowest BCUT2D eigenvalue weighted by molar-refractivity contribution is -0.159. The Hall–Kier alpha value is -2.91. The van der Waals surface area contributed by atoms with Gasteiger partial charge in [-0.2, -0.15) is 0 Å². The fraction of sp³-hybridized carbons (Fsp3) is 0.286. The van der Waals surface area contributed by atoms with Gasteiger partial charge in [-0.25, -0.2) is 9.59 Å². The van der Waals surface area contributed by atoms with Crippen LogP contribution in [-0.4, -0.2) is 70.6 Å². The van der Waals surface area contributed by atoms with E-state index in [1.807, 2.05) is 41.3 Å². The number of amides is 1. The van der Waals surface area contributed by atoms with Gasteiger partial charge >= 0.3 is 11.9 Å². The first kappa shape index (κ1) is 23.4. The molecular formula is C21H23BrN2O6. The first-order chi connectivity index (χ1) is 14.4. The molecule has 8 nitrogen and oxygen atoms in total. The van der Waals surface area contributed by atoms with E-state index in [1.165, 1.54) is 5.56 Å². The van der Waals surface area contributed by atoms with Crippen LogP contribution < -0.4 is 4.74 Å². The third-order valence-corrected chi connectivity index (χ3v) is 5.14. The molecule has 1 aliphatic rings. The second kappa shape index (κ2) is 11.9. The minimum Gasteiger partial charge on any atom is -0.484 e. The van der Waals surface area contributed by atoms with Crippen LogP contribution in [0.5, 0.6) is 5.75 Å². The maximum Gasteiger partial charge on any atom is 0.414 e. The predicted molar refractivity (Wildman–Crippen MR) is 113 cm³/mol. The predicted octanol–water partition coefficient (Wildman–Crippen LogP) is 2.33. The van der Waals surface area contributed by atoms with Crippen molar-refractivity contribution in [2.45, 2.75) is 6.54 Å². The highest BCUT2D eigenvalue weighted by molar-refractivity contribution is 9.10. The highest BCUT2D eigenvalue weighted by atomic mass is 79.9. The molecule has 9 heteroatoms. The third kappa shape index (κ3) is 7.84. The van der Waals surface area contributed by atoms with Gasteiger partial charge in [0.05, 0.1) is 0 Å². The van der Waals surface area contributed by atoms with Crippen molar-refractivity contribution < 1.29 is 29.3 Å². The molecule has 1 amide bonds. The molecule has 0 unspecified atom stereocenters. The zero-order valence-electron chi connectivity index (χ0n) is 16.2. The Morgan fingerprint density at radius 3 is 2.00 bits per heavy atom. The molecule has 2 N–H and O–H groups in total. The molecule has 160 valence electrons. The number of hydrogen-bond acceptors (Lipinski definition) is 5. The summed E-state index contributed by atoms with van der Waals surface area (Å²) in [4.78, 5) is 34.7. The number of carbonyl (C=O) groups excluding carboxylic acids is 1. The van der Waals surface area contributed by atoms with Gasteiger partial charge in [-0.3, -0.25) is 9.69 Å². The van der Waals surface area contributed by atoms with E-state index in [2.05, 4.69) is 39.0 Å². The van der Waals surface area contributed by atoms with Gasteiger partial charge in [-0.1, -0.05) is 52.3 Å². The number of hydrogen-bond donors (Lipinski definition) is 2. The summed E-state index contributed by atoms with van der Waals surface area (Å²) < 4.78 is 6.69. The Labute approximate surface area is 182 Å². The number of aliphatic carboxylic acids is 2. The van der Waals surface area contributed by atoms with Crippen molar-refractivity contribution >= 4 is 33.8 Å². The van der Waals surface area contributed by atoms with Gasteiger partial charge in [0, 0.05) is 37.2 Å². The number of carbonyl (C=O) groups is 3. The van der Waals surface area contributed by atoms with Crippen LogP contribution in [0.2, 0.25) is 0 Å². The Morgan fingerprint density at radius 1 is 0.867 bits per heavy atom. The SMILES string of the molecule is O=C(COc1ccccc1)N1CCN(Cc2ccccc2Br)CC1.O=C(O)C(=O)O. The van der Waals surface area contributed by atoms with E-state index in [0.29, 0.717) is 0 Å². The summed E-state index contributed by atoms with van der Waals surface area (Å²) in [6.07, 6.45) is 0. The van der Waals surface area contributed by atoms with E-state index < -0.39 is 11.9 Å². The summed E-state index contributed by atoms with van der Waals surface area (Å²) in [5, 5.41) is 14.8. The molecule has 1 saturated heterocycles. The quantitative estimate of drug-likeness (QED) is 0.634. The van der Waals surface area contributed by atoms with E-state index in [0.717, 1.165) is 42.9 Å². The number of ether oxygens (including phenoxy) is 1. The maximum absolute atomic E-state index is 12.3. The van der Waals surface area contributed by atoms with Crippen LogP contribution in [0.1, 0.15) is 5.56 Å². The van der Waals surface area contributed by atoms with E-state index in [9.17, 15) is 4.79 Å². The number of halogens is 1. The number of carboxylic acids is 2. The van der Waals surface area contributed by atoms with Crippen molar-refractivity contribution in [2.24, 2.45) is 0 Å². The van der Waals surface area contributed by atoms with Crippen LogP contribution in [0.4, 0.5) is 0 Å². The minimum absolute atomic E-state index is 0.0550. The maximum atomic E-state index is 12.3. The lowest BCUT2D eigenvalue weighted by Crippen LogP contribution is -2.49. The van der Waals surface area contributed by atoms with E-state index in [-0.39, 0.29) is 12.5 Å². The zero-order chi connectivity index (χ0) is 21.9. The highest BCUT2D eigenvalue weighted by Gasteiger charge is 2.21. The van der Waals surface area contributed by atoms with Crippen LogP contribution in [0.25, 0.3) is 0 Å².